The van der Waals surface area contributed by atoms with E-state index < -0.39 is 23.2 Å². The van der Waals surface area contributed by atoms with Crippen molar-refractivity contribution in [2.45, 2.75) is 44.4 Å². The summed E-state index contributed by atoms with van der Waals surface area (Å²) in [6, 6.07) is 11.5. The summed E-state index contributed by atoms with van der Waals surface area (Å²) in [5.41, 5.74) is -3.64. The summed E-state index contributed by atoms with van der Waals surface area (Å²) in [5.74, 6) is -0.466. The van der Waals surface area contributed by atoms with Crippen molar-refractivity contribution in [2.75, 3.05) is 33.8 Å². The number of hydrogen-bond donors (Lipinski definition) is 1. The lowest BCUT2D eigenvalue weighted by atomic mass is 9.87. The molecular formula is C28H34ClF3N2O4. The van der Waals surface area contributed by atoms with E-state index in [1.165, 1.54) is 23.1 Å². The van der Waals surface area contributed by atoms with E-state index in [4.69, 9.17) is 16.3 Å². The van der Waals surface area contributed by atoms with Crippen molar-refractivity contribution in [1.29, 1.82) is 0 Å². The summed E-state index contributed by atoms with van der Waals surface area (Å²) in [4.78, 5) is 27.6. The first-order chi connectivity index (χ1) is 17.8. The lowest BCUT2D eigenvalue weighted by Crippen LogP contribution is -2.57. The first kappa shape index (κ1) is 29.8. The number of benzene rings is 2. The minimum Gasteiger partial charge on any atom is -0.493 e. The van der Waals surface area contributed by atoms with Crippen molar-refractivity contribution >= 4 is 23.4 Å². The van der Waals surface area contributed by atoms with E-state index in [1.807, 2.05) is 6.92 Å². The van der Waals surface area contributed by atoms with Crippen LogP contribution < -0.4 is 4.74 Å². The van der Waals surface area contributed by atoms with Gasteiger partial charge in [0.2, 0.25) is 0 Å². The summed E-state index contributed by atoms with van der Waals surface area (Å²) in [7, 11) is 3.30. The van der Waals surface area contributed by atoms with Crippen LogP contribution in [0.3, 0.4) is 0 Å². The molecule has 1 aliphatic heterocycles. The quantitative estimate of drug-likeness (QED) is 0.443. The predicted molar refractivity (Wildman–Crippen MR) is 139 cm³/mol. The van der Waals surface area contributed by atoms with Crippen LogP contribution in [-0.4, -0.2) is 66.7 Å². The van der Waals surface area contributed by atoms with Gasteiger partial charge in [0.25, 0.3) is 17.4 Å². The molecule has 1 fully saturated rings. The molecule has 0 saturated carbocycles. The predicted octanol–water partition coefficient (Wildman–Crippen LogP) is 5.53. The molecule has 0 aliphatic carbocycles. The zero-order chi connectivity index (χ0) is 28.1. The summed E-state index contributed by atoms with van der Waals surface area (Å²) < 4.78 is 47.4. The van der Waals surface area contributed by atoms with E-state index in [2.05, 4.69) is 0 Å². The van der Waals surface area contributed by atoms with Gasteiger partial charge < -0.3 is 19.6 Å². The van der Waals surface area contributed by atoms with Crippen molar-refractivity contribution in [3.63, 3.8) is 0 Å². The van der Waals surface area contributed by atoms with Gasteiger partial charge in [0.15, 0.2) is 0 Å². The fraction of sp³-hybridized carbons (Fsp3) is 0.500. The fourth-order valence-electron chi connectivity index (χ4n) is 4.58. The Morgan fingerprint density at radius 3 is 2.32 bits per heavy atom. The van der Waals surface area contributed by atoms with Crippen molar-refractivity contribution in [3.8, 4) is 5.75 Å². The molecule has 1 N–H and O–H groups in total. The smallest absolute Gasteiger partial charge is 0.430 e. The first-order valence-corrected chi connectivity index (χ1v) is 13.0. The highest BCUT2D eigenvalue weighted by atomic mass is 35.5. The minimum atomic E-state index is -5.13. The molecule has 0 aromatic heterocycles. The van der Waals surface area contributed by atoms with E-state index in [9.17, 15) is 27.9 Å². The largest absolute Gasteiger partial charge is 0.493 e. The van der Waals surface area contributed by atoms with Gasteiger partial charge in [0, 0.05) is 32.7 Å². The number of carbonyl (C=O) groups excluding carboxylic acids is 2. The number of nitrogens with zero attached hydrogens (tertiary/aromatic N) is 2. The highest BCUT2D eigenvalue weighted by molar-refractivity contribution is 6.34. The highest BCUT2D eigenvalue weighted by Crippen LogP contribution is 2.41. The molecule has 2 atom stereocenters. The molecule has 3 rings (SSSR count). The van der Waals surface area contributed by atoms with E-state index in [0.717, 1.165) is 29.9 Å². The molecule has 2 aromatic carbocycles. The van der Waals surface area contributed by atoms with Gasteiger partial charge >= 0.3 is 6.18 Å². The molecule has 1 unspecified atom stereocenters. The standard InChI is InChI=1S/C28H34ClF3N2O4/c1-19(18-38-22-11-12-23(24(29)17-22)25(35)33(2)3)9-10-20-13-15-34(16-14-20)26(36)27(37,28(30,31)32)21-7-5-4-6-8-21/h4-8,11-12,17,19-20,37H,9-10,13-16,18H2,1-3H3/t19?,27-/m1/s1. The second kappa shape index (κ2) is 12.4. The van der Waals surface area contributed by atoms with Gasteiger partial charge in [0.05, 0.1) is 17.2 Å². The topological polar surface area (TPSA) is 70.1 Å². The van der Waals surface area contributed by atoms with Gasteiger partial charge in [-0.3, -0.25) is 9.59 Å². The average Bonchev–Trinajstić information content (AvgIpc) is 2.89. The van der Waals surface area contributed by atoms with Crippen LogP contribution in [0, 0.1) is 11.8 Å². The lowest BCUT2D eigenvalue weighted by Gasteiger charge is -2.38. The molecular weight excluding hydrogens is 521 g/mol. The molecule has 10 heteroatoms. The Balaban J connectivity index is 1.48. The van der Waals surface area contributed by atoms with Crippen LogP contribution in [0.1, 0.15) is 48.5 Å². The Labute approximate surface area is 226 Å². The van der Waals surface area contributed by atoms with E-state index in [1.54, 1.807) is 32.3 Å². The summed E-state index contributed by atoms with van der Waals surface area (Å²) >= 11 is 6.23. The molecule has 38 heavy (non-hydrogen) atoms. The van der Waals surface area contributed by atoms with Crippen molar-refractivity contribution in [1.82, 2.24) is 9.80 Å². The molecule has 1 saturated heterocycles. The van der Waals surface area contributed by atoms with Gasteiger partial charge in [0.1, 0.15) is 5.75 Å². The van der Waals surface area contributed by atoms with Crippen molar-refractivity contribution < 1.29 is 32.6 Å². The van der Waals surface area contributed by atoms with Crippen LogP contribution in [-0.2, 0) is 10.4 Å². The molecule has 208 valence electrons. The first-order valence-electron chi connectivity index (χ1n) is 12.6. The van der Waals surface area contributed by atoms with Crippen LogP contribution in [0.5, 0.6) is 5.75 Å². The molecule has 2 amide bonds. The van der Waals surface area contributed by atoms with Crippen LogP contribution in [0.15, 0.2) is 48.5 Å². The maximum Gasteiger partial charge on any atom is 0.430 e. The van der Waals surface area contributed by atoms with Gasteiger partial charge in [-0.1, -0.05) is 48.9 Å². The Kier molecular flexibility index (Phi) is 9.70. The Bertz CT molecular complexity index is 1110. The normalized spacial score (nSPS) is 17.0. The van der Waals surface area contributed by atoms with Gasteiger partial charge in [-0.05, 0) is 55.7 Å². The number of rotatable bonds is 9. The number of ether oxygens (including phenoxy) is 1. The monoisotopic (exact) mass is 554 g/mol. The highest BCUT2D eigenvalue weighted by Gasteiger charge is 2.62. The van der Waals surface area contributed by atoms with Crippen LogP contribution in [0.2, 0.25) is 5.02 Å². The summed E-state index contributed by atoms with van der Waals surface area (Å²) in [6.07, 6.45) is -2.30. The van der Waals surface area contributed by atoms with Crippen molar-refractivity contribution in [2.24, 2.45) is 11.8 Å². The average molecular weight is 555 g/mol. The number of alkyl halides is 3. The molecule has 0 radical (unpaired) electrons. The molecule has 0 spiro atoms. The zero-order valence-electron chi connectivity index (χ0n) is 21.8. The molecule has 0 bridgehead atoms. The molecule has 6 nitrogen and oxygen atoms in total. The third-order valence-electron chi connectivity index (χ3n) is 6.99. The van der Waals surface area contributed by atoms with Crippen LogP contribution >= 0.6 is 11.6 Å². The number of carbonyl (C=O) groups is 2. The molecule has 1 heterocycles. The van der Waals surface area contributed by atoms with E-state index in [0.29, 0.717) is 35.8 Å². The van der Waals surface area contributed by atoms with Gasteiger partial charge in [-0.25, -0.2) is 0 Å². The van der Waals surface area contributed by atoms with Gasteiger partial charge in [-0.2, -0.15) is 13.2 Å². The number of halogens is 4. The third-order valence-corrected chi connectivity index (χ3v) is 7.31. The number of hydrogen-bond acceptors (Lipinski definition) is 4. The van der Waals surface area contributed by atoms with E-state index in [-0.39, 0.29) is 30.8 Å². The van der Waals surface area contributed by atoms with E-state index >= 15 is 0 Å². The maximum absolute atomic E-state index is 13.9. The Hall–Kier alpha value is -2.78. The van der Waals surface area contributed by atoms with Crippen molar-refractivity contribution in [3.05, 3.63) is 64.7 Å². The summed E-state index contributed by atoms with van der Waals surface area (Å²) in [6.45, 7) is 2.82. The number of likely N-dealkylation sites (tertiary alicyclic amines) is 1. The zero-order valence-corrected chi connectivity index (χ0v) is 22.6. The van der Waals surface area contributed by atoms with Crippen LogP contribution in [0.4, 0.5) is 13.2 Å². The lowest BCUT2D eigenvalue weighted by molar-refractivity contribution is -0.262. The van der Waals surface area contributed by atoms with Gasteiger partial charge in [-0.15, -0.1) is 0 Å². The Morgan fingerprint density at radius 2 is 1.76 bits per heavy atom. The number of aliphatic hydroxyl groups is 1. The Morgan fingerprint density at radius 1 is 1.13 bits per heavy atom. The SMILES string of the molecule is CC(CCC1CCN(C(=O)[C@](O)(c2ccccc2)C(F)(F)F)CC1)COc1ccc(C(=O)N(C)C)c(Cl)c1. The fourth-order valence-corrected chi connectivity index (χ4v) is 4.83. The number of amides is 2. The third kappa shape index (κ3) is 6.80. The second-order valence-electron chi connectivity index (χ2n) is 10.1. The maximum atomic E-state index is 13.9. The number of piperidine rings is 1. The minimum absolute atomic E-state index is 0.163. The molecule has 1 aliphatic rings. The molecule has 2 aromatic rings. The second-order valence-corrected chi connectivity index (χ2v) is 10.6. The van der Waals surface area contributed by atoms with Crippen LogP contribution in [0.25, 0.3) is 0 Å². The summed E-state index contributed by atoms with van der Waals surface area (Å²) in [5, 5.41) is 10.9.